The number of Topliss-reactive ketones (excluding diaryl/α,β-unsaturated/α-hetero) is 1. The van der Waals surface area contributed by atoms with Crippen molar-refractivity contribution in [1.29, 1.82) is 0 Å². The van der Waals surface area contributed by atoms with Crippen LogP contribution in [0.15, 0.2) is 23.8 Å². The van der Waals surface area contributed by atoms with Crippen LogP contribution in [-0.4, -0.2) is 81.2 Å². The molecule has 0 aromatic carbocycles. The third-order valence-electron chi connectivity index (χ3n) is 13.1. The van der Waals surface area contributed by atoms with Crippen molar-refractivity contribution in [3.63, 3.8) is 0 Å². The van der Waals surface area contributed by atoms with E-state index in [1.807, 2.05) is 0 Å². The number of aliphatic hydroxyl groups excluding tert-OH is 1. The number of rotatable bonds is 8. The van der Waals surface area contributed by atoms with Crippen LogP contribution in [0.4, 0.5) is 9.18 Å². The van der Waals surface area contributed by atoms with Gasteiger partial charge in [0.25, 0.3) is 11.8 Å². The highest BCUT2D eigenvalue weighted by Gasteiger charge is 2.75. The molecule has 0 aromatic rings. The first-order valence-electron chi connectivity index (χ1n) is 17.6. The van der Waals surface area contributed by atoms with Crippen LogP contribution in [0.3, 0.4) is 0 Å². The molecule has 12 nitrogen and oxygen atoms in total. The van der Waals surface area contributed by atoms with Crippen molar-refractivity contribution in [1.82, 2.24) is 10.4 Å². The number of hydroxylamine groups is 2. The van der Waals surface area contributed by atoms with Crippen molar-refractivity contribution in [2.45, 2.75) is 109 Å². The van der Waals surface area contributed by atoms with Crippen LogP contribution in [-0.2, 0) is 33.5 Å². The van der Waals surface area contributed by atoms with Gasteiger partial charge in [0, 0.05) is 36.1 Å². The number of nitrogens with one attached hydrogen (secondary N) is 1. The minimum atomic E-state index is -2.08. The number of carbonyl (C=O) groups is 6. The minimum Gasteiger partial charge on any atom is -0.441 e. The number of aliphatic hydroxyl groups is 2. The van der Waals surface area contributed by atoms with Gasteiger partial charge in [-0.05, 0) is 94.1 Å². The molecule has 4 saturated carbocycles. The topological polar surface area (TPSA) is 177 Å². The molecule has 1 heterocycles. The highest BCUT2D eigenvalue weighted by Crippen LogP contribution is 2.70. The Morgan fingerprint density at radius 2 is 1.65 bits per heavy atom. The van der Waals surface area contributed by atoms with Crippen molar-refractivity contribution >= 4 is 35.4 Å². The van der Waals surface area contributed by atoms with Gasteiger partial charge in [-0.15, -0.1) is 5.06 Å². The number of allylic oxidation sites excluding steroid dienone is 4. The highest BCUT2D eigenvalue weighted by atomic mass is 19.1. The maximum Gasteiger partial charge on any atom is 0.407 e. The summed E-state index contributed by atoms with van der Waals surface area (Å²) >= 11 is 0. The summed E-state index contributed by atoms with van der Waals surface area (Å²) in [5, 5.41) is 26.9. The molecule has 268 valence electrons. The number of alkyl carbamates (subject to hydrolysis) is 1. The molecule has 0 bridgehead atoms. The van der Waals surface area contributed by atoms with Crippen molar-refractivity contribution in [3.05, 3.63) is 23.8 Å². The fourth-order valence-electron chi connectivity index (χ4n) is 10.3. The molecule has 49 heavy (non-hydrogen) atoms. The molecule has 3 amide bonds. The first-order valence-corrected chi connectivity index (χ1v) is 17.6. The highest BCUT2D eigenvalue weighted by molar-refractivity contribution is 6.02. The Hall–Kier alpha value is -3.45. The predicted molar refractivity (Wildman–Crippen MR) is 169 cm³/mol. The molecule has 0 aromatic heterocycles. The van der Waals surface area contributed by atoms with Gasteiger partial charge in [-0.3, -0.25) is 19.2 Å². The van der Waals surface area contributed by atoms with E-state index in [0.717, 1.165) is 12.8 Å². The van der Waals surface area contributed by atoms with Crippen molar-refractivity contribution < 1.29 is 52.9 Å². The second-order valence-corrected chi connectivity index (χ2v) is 15.7. The van der Waals surface area contributed by atoms with Crippen LogP contribution in [0, 0.1) is 40.4 Å². The third-order valence-corrected chi connectivity index (χ3v) is 13.1. The summed E-state index contributed by atoms with van der Waals surface area (Å²) < 4.78 is 22.7. The largest absolute Gasteiger partial charge is 0.441 e. The Bertz CT molecular complexity index is 1490. The smallest absolute Gasteiger partial charge is 0.407 e. The summed E-state index contributed by atoms with van der Waals surface area (Å²) in [6.07, 6.45) is 6.11. The maximum atomic E-state index is 17.4. The van der Waals surface area contributed by atoms with E-state index < -0.39 is 82.2 Å². The van der Waals surface area contributed by atoms with Gasteiger partial charge in [0.15, 0.2) is 18.1 Å². The van der Waals surface area contributed by atoms with E-state index in [1.165, 1.54) is 12.2 Å². The number of fused-ring (bicyclic) bond motifs is 5. The number of hydrogen-bond donors (Lipinski definition) is 3. The fraction of sp³-hybridized carbons (Fsp3) is 0.722. The SMILES string of the molecule is C[C@@H]1C[C@H]2[C@@H]3CCC4=CC(=O)C=C[C@]4(C)[C@@]3(F)[C@@H](O)C[C@]2(C)[C@@]1(O)C(=O)COC(=O)NCC1CCC(CC(=O)ON2C(=O)CCC2=O)CC1. The molecule has 6 aliphatic rings. The van der Waals surface area contributed by atoms with E-state index in [1.54, 1.807) is 26.8 Å². The average molecular weight is 687 g/mol. The lowest BCUT2D eigenvalue weighted by Crippen LogP contribution is -2.69. The lowest BCUT2D eigenvalue weighted by atomic mass is 9.44. The number of hydrogen-bond acceptors (Lipinski definition) is 10. The molecule has 13 heteroatoms. The average Bonchev–Trinajstić information content (AvgIpc) is 3.47. The molecule has 5 fully saturated rings. The van der Waals surface area contributed by atoms with Gasteiger partial charge >= 0.3 is 12.1 Å². The normalized spacial score (nSPS) is 41.4. The Labute approximate surface area is 284 Å². The van der Waals surface area contributed by atoms with Crippen LogP contribution < -0.4 is 5.32 Å². The standard InChI is InChI=1S/C36H47FN2O10/c1-20-14-26-25-9-8-23-16-24(40)12-13-33(23,2)35(25,37)27(41)17-34(26,3)36(20,47)28(42)19-48-32(46)38-18-22-6-4-21(5-7-22)15-31(45)49-39-29(43)10-11-30(39)44/h12-13,16,20-22,25-27,41,47H,4-11,14-15,17-19H2,1-3H3,(H,38,46)/t20-,21?,22?,25+,26+,27+,33+,34+,35+,36+/m1/s1. The van der Waals surface area contributed by atoms with Gasteiger partial charge in [0.05, 0.1) is 12.5 Å². The molecule has 5 aliphatic carbocycles. The number of alkyl halides is 1. The summed E-state index contributed by atoms with van der Waals surface area (Å²) in [7, 11) is 0. The van der Waals surface area contributed by atoms with Gasteiger partial charge in [-0.2, -0.15) is 0 Å². The number of amides is 3. The second-order valence-electron chi connectivity index (χ2n) is 15.7. The van der Waals surface area contributed by atoms with Crippen LogP contribution >= 0.6 is 0 Å². The molecule has 0 spiro atoms. The van der Waals surface area contributed by atoms with Gasteiger partial charge in [-0.1, -0.05) is 25.5 Å². The van der Waals surface area contributed by atoms with E-state index in [4.69, 9.17) is 9.57 Å². The van der Waals surface area contributed by atoms with Gasteiger partial charge < -0.3 is 25.1 Å². The summed E-state index contributed by atoms with van der Waals surface area (Å²) in [4.78, 5) is 79.0. The van der Waals surface area contributed by atoms with Crippen molar-refractivity contribution in [2.24, 2.45) is 40.4 Å². The van der Waals surface area contributed by atoms with Crippen LogP contribution in [0.25, 0.3) is 0 Å². The first kappa shape index (κ1) is 35.4. The van der Waals surface area contributed by atoms with E-state index in [-0.39, 0.29) is 43.3 Å². The number of ether oxygens (including phenoxy) is 1. The zero-order chi connectivity index (χ0) is 35.5. The Balaban J connectivity index is 1.00. The molecule has 3 N–H and O–H groups in total. The fourth-order valence-corrected chi connectivity index (χ4v) is 10.3. The maximum absolute atomic E-state index is 17.4. The van der Waals surface area contributed by atoms with E-state index in [2.05, 4.69) is 5.32 Å². The second kappa shape index (κ2) is 12.7. The van der Waals surface area contributed by atoms with Gasteiger partial charge in [0.1, 0.15) is 5.60 Å². The van der Waals surface area contributed by atoms with E-state index >= 15 is 4.39 Å². The summed E-state index contributed by atoms with van der Waals surface area (Å²) in [6.45, 7) is 4.81. The summed E-state index contributed by atoms with van der Waals surface area (Å²) in [6, 6.07) is 0. The molecule has 6 rings (SSSR count). The van der Waals surface area contributed by atoms with E-state index in [0.29, 0.717) is 49.3 Å². The summed E-state index contributed by atoms with van der Waals surface area (Å²) in [5.74, 6) is -4.07. The molecular formula is C36H47FN2O10. The van der Waals surface area contributed by atoms with Crippen LogP contribution in [0.5, 0.6) is 0 Å². The number of halogens is 1. The first-order chi connectivity index (χ1) is 23.0. The number of ketones is 2. The Kier molecular flexibility index (Phi) is 9.17. The van der Waals surface area contributed by atoms with Gasteiger partial charge in [-0.25, -0.2) is 14.0 Å². The number of nitrogens with zero attached hydrogens (tertiary/aromatic N) is 1. The quantitative estimate of drug-likeness (QED) is 0.321. The monoisotopic (exact) mass is 686 g/mol. The zero-order valence-corrected chi connectivity index (χ0v) is 28.4. The predicted octanol–water partition coefficient (Wildman–Crippen LogP) is 3.43. The molecule has 1 aliphatic heterocycles. The number of carbonyl (C=O) groups excluding carboxylic acids is 6. The zero-order valence-electron chi connectivity index (χ0n) is 28.4. The summed E-state index contributed by atoms with van der Waals surface area (Å²) in [5.41, 5.74) is -5.73. The lowest BCUT2D eigenvalue weighted by molar-refractivity contribution is -0.219. The Morgan fingerprint density at radius 3 is 2.33 bits per heavy atom. The van der Waals surface area contributed by atoms with Crippen LogP contribution in [0.2, 0.25) is 0 Å². The molecule has 1 saturated heterocycles. The van der Waals surface area contributed by atoms with Crippen molar-refractivity contribution in [3.8, 4) is 0 Å². The minimum absolute atomic E-state index is 0.0274. The third kappa shape index (κ3) is 5.64. The lowest BCUT2D eigenvalue weighted by Gasteiger charge is -2.62. The Morgan fingerprint density at radius 1 is 1.00 bits per heavy atom. The molecule has 0 unspecified atom stereocenters. The van der Waals surface area contributed by atoms with E-state index in [9.17, 15) is 39.0 Å². The number of imide groups is 1. The molecular weight excluding hydrogens is 639 g/mol. The van der Waals surface area contributed by atoms with Gasteiger partial charge in [0.2, 0.25) is 5.78 Å². The van der Waals surface area contributed by atoms with Crippen molar-refractivity contribution in [2.75, 3.05) is 13.2 Å². The molecule has 0 radical (unpaired) electrons. The molecule has 8 atom stereocenters. The van der Waals surface area contributed by atoms with Crippen LogP contribution in [0.1, 0.15) is 91.4 Å².